The fraction of sp³-hybridized carbons (Fsp3) is 0.250. The fourth-order valence-corrected chi connectivity index (χ4v) is 1.55. The molecular weight excluding hydrogens is 250 g/mol. The van der Waals surface area contributed by atoms with Crippen LogP contribution in [0.5, 0.6) is 0 Å². The lowest BCUT2D eigenvalue weighted by molar-refractivity contribution is -0.117. The molecule has 6 heteroatoms. The predicted molar refractivity (Wildman–Crippen MR) is 74.5 cm³/mol. The minimum absolute atomic E-state index is 0.117. The molecule has 0 atom stereocenters. The van der Waals surface area contributed by atoms with Crippen LogP contribution in [0.25, 0.3) is 0 Å². The molecule has 18 heavy (non-hydrogen) atoms. The predicted octanol–water partition coefficient (Wildman–Crippen LogP) is 1.27. The third kappa shape index (κ3) is 4.50. The zero-order valence-electron chi connectivity index (χ0n) is 10.2. The quantitative estimate of drug-likeness (QED) is 0.720. The van der Waals surface area contributed by atoms with Crippen LogP contribution in [0.1, 0.15) is 24.2 Å². The second kappa shape index (κ2) is 6.70. The van der Waals surface area contributed by atoms with E-state index >= 15 is 0 Å². The molecule has 0 saturated carbocycles. The van der Waals surface area contributed by atoms with E-state index in [-0.39, 0.29) is 16.9 Å². The summed E-state index contributed by atoms with van der Waals surface area (Å²) in [5.74, 6) is -0.347. The number of anilines is 1. The highest BCUT2D eigenvalue weighted by molar-refractivity contribution is 7.80. The first-order chi connectivity index (χ1) is 8.52. The Morgan fingerprint density at radius 2 is 1.83 bits per heavy atom. The average molecular weight is 265 g/mol. The first-order valence-electron chi connectivity index (χ1n) is 5.49. The number of thiocarbonyl (C=S) groups is 1. The third-order valence-electron chi connectivity index (χ3n) is 2.03. The lowest BCUT2D eigenvalue weighted by Crippen LogP contribution is -2.32. The van der Waals surface area contributed by atoms with Crippen molar-refractivity contribution >= 4 is 34.8 Å². The second-order valence-electron chi connectivity index (χ2n) is 3.57. The number of amides is 2. The Bertz CT molecular complexity index is 457. The second-order valence-corrected chi connectivity index (χ2v) is 3.98. The summed E-state index contributed by atoms with van der Waals surface area (Å²) in [4.78, 5) is 22.3. The molecule has 0 fully saturated rings. The molecular formula is C12H15N3O2S. The number of hydrogen-bond acceptors (Lipinski definition) is 3. The Kier molecular flexibility index (Phi) is 5.26. The maximum absolute atomic E-state index is 11.5. The molecule has 3 N–H and O–H groups in total. The maximum Gasteiger partial charge on any atom is 0.251 e. The van der Waals surface area contributed by atoms with Crippen LogP contribution in [-0.2, 0) is 4.79 Å². The molecule has 5 nitrogen and oxygen atoms in total. The van der Waals surface area contributed by atoms with E-state index in [1.54, 1.807) is 24.3 Å². The largest absolute Gasteiger partial charge is 0.352 e. The molecule has 0 radical (unpaired) electrons. The molecule has 0 heterocycles. The van der Waals surface area contributed by atoms with Gasteiger partial charge < -0.3 is 16.0 Å². The topological polar surface area (TPSA) is 70.2 Å². The van der Waals surface area contributed by atoms with E-state index in [1.165, 1.54) is 6.92 Å². The zero-order chi connectivity index (χ0) is 13.5. The minimum atomic E-state index is -0.230. The number of rotatable bonds is 3. The van der Waals surface area contributed by atoms with Gasteiger partial charge >= 0.3 is 0 Å². The van der Waals surface area contributed by atoms with Crippen molar-refractivity contribution in [2.75, 3.05) is 11.9 Å². The molecule has 0 aliphatic heterocycles. The van der Waals surface area contributed by atoms with E-state index in [1.807, 2.05) is 6.92 Å². The van der Waals surface area contributed by atoms with Gasteiger partial charge in [0.05, 0.1) is 0 Å². The molecule has 0 spiro atoms. The van der Waals surface area contributed by atoms with Crippen molar-refractivity contribution in [1.29, 1.82) is 0 Å². The normalized spacial score (nSPS) is 9.44. The summed E-state index contributed by atoms with van der Waals surface area (Å²) < 4.78 is 0. The highest BCUT2D eigenvalue weighted by atomic mass is 32.1. The smallest absolute Gasteiger partial charge is 0.251 e. The van der Waals surface area contributed by atoms with Gasteiger partial charge in [-0.3, -0.25) is 9.59 Å². The van der Waals surface area contributed by atoms with Gasteiger partial charge in [-0.05, 0) is 43.4 Å². The Labute approximate surface area is 111 Å². The molecule has 96 valence electrons. The number of hydrogen-bond donors (Lipinski definition) is 3. The standard InChI is InChI=1S/C12H15N3O2S/c1-3-13-11(17)9-4-6-10(7-5-9)15-12(18)14-8(2)16/h4-7H,3H2,1-2H3,(H,13,17)(H2,14,15,16,18). The van der Waals surface area contributed by atoms with Gasteiger partial charge in [-0.15, -0.1) is 0 Å². The molecule has 0 saturated heterocycles. The summed E-state index contributed by atoms with van der Waals surface area (Å²) in [6.07, 6.45) is 0. The van der Waals surface area contributed by atoms with Crippen molar-refractivity contribution in [2.45, 2.75) is 13.8 Å². The molecule has 0 aromatic heterocycles. The van der Waals surface area contributed by atoms with E-state index < -0.39 is 0 Å². The molecule has 1 rings (SSSR count). The molecule has 0 aliphatic carbocycles. The van der Waals surface area contributed by atoms with Gasteiger partial charge in [-0.2, -0.15) is 0 Å². The van der Waals surface area contributed by atoms with Gasteiger partial charge in [-0.1, -0.05) is 0 Å². The van der Waals surface area contributed by atoms with Gasteiger partial charge in [-0.25, -0.2) is 0 Å². The van der Waals surface area contributed by atoms with Crippen LogP contribution in [0.15, 0.2) is 24.3 Å². The Morgan fingerprint density at radius 3 is 2.33 bits per heavy atom. The molecule has 0 aliphatic rings. The van der Waals surface area contributed by atoms with E-state index in [4.69, 9.17) is 12.2 Å². The van der Waals surface area contributed by atoms with Crippen molar-refractivity contribution in [3.05, 3.63) is 29.8 Å². The average Bonchev–Trinajstić information content (AvgIpc) is 2.29. The van der Waals surface area contributed by atoms with Crippen LogP contribution >= 0.6 is 12.2 Å². The van der Waals surface area contributed by atoms with Crippen molar-refractivity contribution in [3.63, 3.8) is 0 Å². The van der Waals surface area contributed by atoms with Gasteiger partial charge in [0.2, 0.25) is 5.91 Å². The van der Waals surface area contributed by atoms with Gasteiger partial charge in [0, 0.05) is 24.7 Å². The van der Waals surface area contributed by atoms with Gasteiger partial charge in [0.25, 0.3) is 5.91 Å². The Balaban J connectivity index is 2.63. The summed E-state index contributed by atoms with van der Waals surface area (Å²) in [6, 6.07) is 6.81. The van der Waals surface area contributed by atoms with Crippen LogP contribution in [0.4, 0.5) is 5.69 Å². The van der Waals surface area contributed by atoms with Crippen molar-refractivity contribution in [1.82, 2.24) is 10.6 Å². The first kappa shape index (κ1) is 14.1. The lowest BCUT2D eigenvalue weighted by Gasteiger charge is -2.08. The van der Waals surface area contributed by atoms with E-state index in [2.05, 4.69) is 16.0 Å². The molecule has 0 unspecified atom stereocenters. The van der Waals surface area contributed by atoms with Crippen LogP contribution in [0, 0.1) is 0 Å². The summed E-state index contributed by atoms with van der Waals surface area (Å²) in [6.45, 7) is 3.83. The number of carbonyl (C=O) groups excluding carboxylic acids is 2. The Morgan fingerprint density at radius 1 is 1.22 bits per heavy atom. The first-order valence-corrected chi connectivity index (χ1v) is 5.90. The molecule has 1 aromatic rings. The monoisotopic (exact) mass is 265 g/mol. The van der Waals surface area contributed by atoms with Crippen molar-refractivity contribution in [2.24, 2.45) is 0 Å². The Hall–Kier alpha value is -1.95. The SMILES string of the molecule is CCNC(=O)c1ccc(NC(=S)NC(C)=O)cc1. The highest BCUT2D eigenvalue weighted by Gasteiger charge is 2.04. The van der Waals surface area contributed by atoms with Crippen LogP contribution in [0.3, 0.4) is 0 Å². The molecule has 2 amide bonds. The fourth-order valence-electron chi connectivity index (χ4n) is 1.29. The van der Waals surface area contributed by atoms with E-state index in [0.717, 1.165) is 0 Å². The number of benzene rings is 1. The van der Waals surface area contributed by atoms with Crippen LogP contribution in [0.2, 0.25) is 0 Å². The van der Waals surface area contributed by atoms with Crippen molar-refractivity contribution < 1.29 is 9.59 Å². The summed E-state index contributed by atoms with van der Waals surface area (Å²) in [5, 5.41) is 8.23. The summed E-state index contributed by atoms with van der Waals surface area (Å²) in [7, 11) is 0. The number of nitrogens with one attached hydrogen (secondary N) is 3. The molecule has 0 bridgehead atoms. The molecule has 1 aromatic carbocycles. The number of carbonyl (C=O) groups is 2. The lowest BCUT2D eigenvalue weighted by atomic mass is 10.2. The summed E-state index contributed by atoms with van der Waals surface area (Å²) >= 11 is 4.92. The van der Waals surface area contributed by atoms with E-state index in [0.29, 0.717) is 17.8 Å². The van der Waals surface area contributed by atoms with Gasteiger partial charge in [0.1, 0.15) is 0 Å². The van der Waals surface area contributed by atoms with Gasteiger partial charge in [0.15, 0.2) is 5.11 Å². The highest BCUT2D eigenvalue weighted by Crippen LogP contribution is 2.09. The maximum atomic E-state index is 11.5. The zero-order valence-corrected chi connectivity index (χ0v) is 11.1. The third-order valence-corrected chi connectivity index (χ3v) is 2.24. The van der Waals surface area contributed by atoms with E-state index in [9.17, 15) is 9.59 Å². The van der Waals surface area contributed by atoms with Crippen LogP contribution in [-0.4, -0.2) is 23.5 Å². The van der Waals surface area contributed by atoms with Crippen molar-refractivity contribution in [3.8, 4) is 0 Å². The summed E-state index contributed by atoms with van der Waals surface area (Å²) in [5.41, 5.74) is 1.29. The van der Waals surface area contributed by atoms with Crippen LogP contribution < -0.4 is 16.0 Å². The minimum Gasteiger partial charge on any atom is -0.352 e.